The number of hydrogen-bond acceptors (Lipinski definition) is 6. The monoisotopic (exact) mass is 495 g/mol. The van der Waals surface area contributed by atoms with E-state index in [1.165, 1.54) is 0 Å². The number of carbonyl (C=O) groups is 2. The third-order valence-electron chi connectivity index (χ3n) is 6.36. The van der Waals surface area contributed by atoms with E-state index in [1.54, 1.807) is 6.92 Å². The van der Waals surface area contributed by atoms with Crippen molar-refractivity contribution in [3.63, 3.8) is 0 Å². The highest BCUT2D eigenvalue weighted by Crippen LogP contribution is 2.25. The van der Waals surface area contributed by atoms with Crippen molar-refractivity contribution in [2.45, 2.75) is 92.3 Å². The van der Waals surface area contributed by atoms with Gasteiger partial charge < -0.3 is 15.4 Å². The molecule has 0 aromatic heterocycles. The summed E-state index contributed by atoms with van der Waals surface area (Å²) in [5, 5.41) is 6.52. The first-order chi connectivity index (χ1) is 17.1. The molecule has 0 amide bonds. The van der Waals surface area contributed by atoms with E-state index in [-0.39, 0.29) is 24.0 Å². The zero-order valence-corrected chi connectivity index (χ0v) is 23.2. The van der Waals surface area contributed by atoms with Crippen LogP contribution in [0.15, 0.2) is 46.6 Å². The Labute approximate surface area is 217 Å². The lowest BCUT2D eigenvalue weighted by Crippen LogP contribution is -2.40. The fourth-order valence-electron chi connectivity index (χ4n) is 4.39. The van der Waals surface area contributed by atoms with Crippen molar-refractivity contribution >= 4 is 23.7 Å². The van der Waals surface area contributed by atoms with Crippen LogP contribution in [-0.4, -0.2) is 37.2 Å². The molecular formula is C30H45N3O3. The van der Waals surface area contributed by atoms with E-state index in [0.29, 0.717) is 18.0 Å². The van der Waals surface area contributed by atoms with Crippen molar-refractivity contribution in [3.05, 3.63) is 52.7 Å². The molecular weight excluding hydrogens is 450 g/mol. The van der Waals surface area contributed by atoms with Crippen molar-refractivity contribution in [3.8, 4) is 0 Å². The second-order valence-corrected chi connectivity index (χ2v) is 10.6. The Kier molecular flexibility index (Phi) is 12.1. The molecule has 0 radical (unpaired) electrons. The van der Waals surface area contributed by atoms with Crippen LogP contribution in [0.5, 0.6) is 0 Å². The highest BCUT2D eigenvalue weighted by Gasteiger charge is 2.26. The third kappa shape index (κ3) is 9.38. The quantitative estimate of drug-likeness (QED) is 0.116. The number of nitrogens with one attached hydrogen (secondary N) is 2. The number of hydrogen-bond donors (Lipinski definition) is 2. The van der Waals surface area contributed by atoms with Crippen molar-refractivity contribution in [1.29, 1.82) is 0 Å². The molecule has 0 bridgehead atoms. The van der Waals surface area contributed by atoms with Crippen LogP contribution in [0.1, 0.15) is 77.8 Å². The summed E-state index contributed by atoms with van der Waals surface area (Å²) in [4.78, 5) is 29.2. The maximum absolute atomic E-state index is 12.9. The number of rotatable bonds is 13. The fraction of sp³-hybridized carbons (Fsp3) is 0.567. The molecule has 6 heteroatoms. The number of aryl methyl sites for hydroxylation is 1. The minimum Gasteiger partial charge on any atom is -0.461 e. The molecule has 198 valence electrons. The number of esters is 1. The van der Waals surface area contributed by atoms with E-state index < -0.39 is 0 Å². The van der Waals surface area contributed by atoms with Crippen LogP contribution in [0.4, 0.5) is 5.69 Å². The molecule has 1 fully saturated rings. The molecule has 0 heterocycles. The highest BCUT2D eigenvalue weighted by molar-refractivity contribution is 6.06. The molecule has 1 unspecified atom stereocenters. The first kappa shape index (κ1) is 29.5. The van der Waals surface area contributed by atoms with Gasteiger partial charge in [0.2, 0.25) is 0 Å². The van der Waals surface area contributed by atoms with Gasteiger partial charge in [-0.2, -0.15) is 0 Å². The van der Waals surface area contributed by atoms with Crippen LogP contribution in [0.25, 0.3) is 0 Å². The molecule has 1 aromatic rings. The molecule has 2 rings (SSSR count). The lowest BCUT2D eigenvalue weighted by Gasteiger charge is -2.22. The van der Waals surface area contributed by atoms with E-state index in [2.05, 4.69) is 56.5 Å². The Morgan fingerprint density at radius 2 is 1.89 bits per heavy atom. The summed E-state index contributed by atoms with van der Waals surface area (Å²) in [5.74, 6) is 0.398. The van der Waals surface area contributed by atoms with Crippen molar-refractivity contribution in [1.82, 2.24) is 10.6 Å². The maximum atomic E-state index is 12.9. The molecule has 0 saturated heterocycles. The van der Waals surface area contributed by atoms with Crippen LogP contribution >= 0.6 is 0 Å². The largest absolute Gasteiger partial charge is 0.461 e. The van der Waals surface area contributed by atoms with Crippen LogP contribution in [0.3, 0.4) is 0 Å². The Hall–Kier alpha value is -2.73. The number of nitrogens with zero attached hydrogens (tertiary/aromatic N) is 1. The molecule has 1 aliphatic rings. The number of allylic oxidation sites excluding steroid dienone is 3. The van der Waals surface area contributed by atoms with Crippen LogP contribution in [0.2, 0.25) is 0 Å². The van der Waals surface area contributed by atoms with Gasteiger partial charge in [-0.25, -0.2) is 0 Å². The summed E-state index contributed by atoms with van der Waals surface area (Å²) in [5.41, 5.74) is 5.43. The Morgan fingerprint density at radius 1 is 1.19 bits per heavy atom. The summed E-state index contributed by atoms with van der Waals surface area (Å²) in [6, 6.07) is 5.89. The standard InChI is InChI=1S/C30H45N3O3/c1-20(2)14-28(30(35)36-26-10-8-9-11-26)32-17-24-13-12-23(6)27(16-24)33-29(21(3)4)25(18-31-7)15-22(5)19-34/h12-13,15-16,18-21,26,28,31-32H,8-11,14,17H2,1-7H3/b22-15-,25-18+,33-29+. The lowest BCUT2D eigenvalue weighted by molar-refractivity contribution is -0.151. The molecule has 1 saturated carbocycles. The van der Waals surface area contributed by atoms with Crippen molar-refractivity contribution in [2.75, 3.05) is 7.05 Å². The highest BCUT2D eigenvalue weighted by atomic mass is 16.5. The molecule has 1 aliphatic carbocycles. The number of aldehydes is 1. The summed E-state index contributed by atoms with van der Waals surface area (Å²) in [6.07, 6.45) is 9.62. The number of aliphatic imine (C=N–C) groups is 1. The topological polar surface area (TPSA) is 79.8 Å². The van der Waals surface area contributed by atoms with Crippen LogP contribution < -0.4 is 10.6 Å². The van der Waals surface area contributed by atoms with Gasteiger partial charge in [0.1, 0.15) is 18.4 Å². The van der Waals surface area contributed by atoms with Crippen molar-refractivity contribution in [2.24, 2.45) is 16.8 Å². The number of carbonyl (C=O) groups excluding carboxylic acids is 2. The van der Waals surface area contributed by atoms with Crippen LogP contribution in [0, 0.1) is 18.8 Å². The Balaban J connectivity index is 2.27. The lowest BCUT2D eigenvalue weighted by atomic mass is 9.98. The van der Waals surface area contributed by atoms with E-state index >= 15 is 0 Å². The van der Waals surface area contributed by atoms with Gasteiger partial charge in [-0.05, 0) is 86.6 Å². The second kappa shape index (κ2) is 14.7. The molecule has 2 N–H and O–H groups in total. The van der Waals surface area contributed by atoms with Gasteiger partial charge in [0.15, 0.2) is 0 Å². The Morgan fingerprint density at radius 3 is 2.47 bits per heavy atom. The molecule has 1 atom stereocenters. The smallest absolute Gasteiger partial charge is 0.323 e. The average Bonchev–Trinajstić information content (AvgIpc) is 3.33. The van der Waals surface area contributed by atoms with Gasteiger partial charge in [0.25, 0.3) is 0 Å². The minimum atomic E-state index is -0.327. The summed E-state index contributed by atoms with van der Waals surface area (Å²) >= 11 is 0. The summed E-state index contributed by atoms with van der Waals surface area (Å²) < 4.78 is 5.81. The first-order valence-corrected chi connectivity index (χ1v) is 13.3. The van der Waals surface area contributed by atoms with Gasteiger partial charge >= 0.3 is 5.97 Å². The molecule has 0 aliphatic heterocycles. The minimum absolute atomic E-state index is 0.0699. The number of benzene rings is 1. The van der Waals surface area contributed by atoms with Gasteiger partial charge in [-0.1, -0.05) is 39.8 Å². The van der Waals surface area contributed by atoms with Gasteiger partial charge in [0, 0.05) is 25.4 Å². The van der Waals surface area contributed by atoms with E-state index in [9.17, 15) is 9.59 Å². The predicted octanol–water partition coefficient (Wildman–Crippen LogP) is 5.96. The molecule has 0 spiro atoms. The van der Waals surface area contributed by atoms with Crippen molar-refractivity contribution < 1.29 is 14.3 Å². The molecule has 36 heavy (non-hydrogen) atoms. The SMILES string of the molecule is CN/C=C(\C=C(\C)C=O)C(=N/c1cc(CNC(CC(C)C)C(=O)OC2CCCC2)ccc1C)/C(C)C. The first-order valence-electron chi connectivity index (χ1n) is 13.3. The number of ether oxygens (including phenoxy) is 1. The van der Waals surface area contributed by atoms with E-state index in [0.717, 1.165) is 66.5 Å². The Bertz CT molecular complexity index is 970. The van der Waals surface area contributed by atoms with Crippen LogP contribution in [-0.2, 0) is 20.9 Å². The third-order valence-corrected chi connectivity index (χ3v) is 6.36. The molecule has 6 nitrogen and oxygen atoms in total. The van der Waals surface area contributed by atoms with E-state index in [1.807, 2.05) is 26.2 Å². The zero-order chi connectivity index (χ0) is 26.7. The normalized spacial score (nSPS) is 16.5. The van der Waals surface area contributed by atoms with Gasteiger partial charge in [-0.3, -0.25) is 14.6 Å². The zero-order valence-electron chi connectivity index (χ0n) is 23.2. The predicted molar refractivity (Wildman–Crippen MR) is 149 cm³/mol. The maximum Gasteiger partial charge on any atom is 0.323 e. The molecule has 1 aromatic carbocycles. The second-order valence-electron chi connectivity index (χ2n) is 10.6. The average molecular weight is 496 g/mol. The van der Waals surface area contributed by atoms with Gasteiger partial charge in [0.05, 0.1) is 11.4 Å². The fourth-order valence-corrected chi connectivity index (χ4v) is 4.39. The summed E-state index contributed by atoms with van der Waals surface area (Å²) in [7, 11) is 1.84. The van der Waals surface area contributed by atoms with Gasteiger partial charge in [-0.15, -0.1) is 0 Å². The summed E-state index contributed by atoms with van der Waals surface area (Å²) in [6.45, 7) is 12.8. The van der Waals surface area contributed by atoms with E-state index in [4.69, 9.17) is 9.73 Å².